The Balaban J connectivity index is 1.44. The Morgan fingerprint density at radius 2 is 1.90 bits per heavy atom. The zero-order valence-electron chi connectivity index (χ0n) is 15.6. The number of benzene rings is 1. The minimum absolute atomic E-state index is 0.0745. The Labute approximate surface area is 169 Å². The second-order valence-corrected chi connectivity index (χ2v) is 7.67. The van der Waals surface area contributed by atoms with Crippen LogP contribution in [0.25, 0.3) is 21.3 Å². The summed E-state index contributed by atoms with van der Waals surface area (Å²) >= 11 is 1.56. The Bertz CT molecular complexity index is 1270. The van der Waals surface area contributed by atoms with Gasteiger partial charge in [0.05, 0.1) is 34.0 Å². The van der Waals surface area contributed by atoms with Crippen LogP contribution in [0.5, 0.6) is 0 Å². The predicted molar refractivity (Wildman–Crippen MR) is 112 cm³/mol. The fourth-order valence-electron chi connectivity index (χ4n) is 3.71. The van der Waals surface area contributed by atoms with Crippen molar-refractivity contribution in [2.24, 2.45) is 0 Å². The van der Waals surface area contributed by atoms with E-state index in [-0.39, 0.29) is 11.5 Å². The molecule has 1 fully saturated rings. The normalized spacial score (nSPS) is 14.7. The molecule has 0 atom stereocenters. The summed E-state index contributed by atoms with van der Waals surface area (Å²) in [7, 11) is 1.33. The van der Waals surface area contributed by atoms with Crippen LogP contribution in [-0.4, -0.2) is 59.2 Å². The highest BCUT2D eigenvalue weighted by Crippen LogP contribution is 2.31. The van der Waals surface area contributed by atoms with Gasteiger partial charge in [-0.3, -0.25) is 0 Å². The average molecular weight is 410 g/mol. The van der Waals surface area contributed by atoms with E-state index in [1.807, 2.05) is 29.6 Å². The second-order valence-electron chi connectivity index (χ2n) is 6.75. The van der Waals surface area contributed by atoms with Gasteiger partial charge in [-0.25, -0.2) is 19.6 Å². The third kappa shape index (κ3) is 3.01. The molecule has 1 aromatic carbocycles. The highest BCUT2D eigenvalue weighted by atomic mass is 32.1. The maximum atomic E-state index is 12.0. The molecule has 4 aromatic rings. The van der Waals surface area contributed by atoms with Crippen molar-refractivity contribution in [3.8, 4) is 0 Å². The Kier molecular flexibility index (Phi) is 4.20. The fourth-order valence-corrected chi connectivity index (χ4v) is 4.56. The number of anilines is 2. The van der Waals surface area contributed by atoms with Crippen molar-refractivity contribution in [2.45, 2.75) is 0 Å². The lowest BCUT2D eigenvalue weighted by Gasteiger charge is -2.37. The summed E-state index contributed by atoms with van der Waals surface area (Å²) in [6.45, 7) is 2.98. The van der Waals surface area contributed by atoms with Gasteiger partial charge in [-0.2, -0.15) is 0 Å². The molecule has 0 bridgehead atoms. The quantitative estimate of drug-likeness (QED) is 0.497. The van der Waals surface area contributed by atoms with Crippen molar-refractivity contribution < 1.29 is 9.53 Å². The first-order valence-electron chi connectivity index (χ1n) is 9.18. The lowest BCUT2D eigenvalue weighted by atomic mass is 10.2. The summed E-state index contributed by atoms with van der Waals surface area (Å²) in [5.41, 5.74) is 3.16. The van der Waals surface area contributed by atoms with Gasteiger partial charge < -0.3 is 24.5 Å². The van der Waals surface area contributed by atoms with Crippen LogP contribution >= 0.6 is 11.3 Å². The molecule has 2 N–H and O–H groups in total. The van der Waals surface area contributed by atoms with E-state index in [0.717, 1.165) is 58.9 Å². The number of rotatable bonds is 3. The van der Waals surface area contributed by atoms with Gasteiger partial charge in [0, 0.05) is 26.2 Å². The Morgan fingerprint density at radius 3 is 2.69 bits per heavy atom. The minimum Gasteiger partial charge on any atom is -0.463 e. The molecule has 0 aliphatic carbocycles. The number of piperazine rings is 1. The van der Waals surface area contributed by atoms with Crippen LogP contribution in [0.3, 0.4) is 0 Å². The molecule has 3 aromatic heterocycles. The Morgan fingerprint density at radius 1 is 1.10 bits per heavy atom. The summed E-state index contributed by atoms with van der Waals surface area (Å²) in [5.74, 6) is 0.296. The van der Waals surface area contributed by atoms with E-state index in [0.29, 0.717) is 0 Å². The number of aromatic amines is 2. The summed E-state index contributed by atoms with van der Waals surface area (Å²) < 4.78 is 5.76. The van der Waals surface area contributed by atoms with Crippen LogP contribution in [-0.2, 0) is 4.74 Å². The van der Waals surface area contributed by atoms with Gasteiger partial charge in [0.15, 0.2) is 5.82 Å². The molecule has 0 unspecified atom stereocenters. The standard InChI is InChI=1S/C19H18N6O3S/c1-28-18(26)16-20-12-5-10-29-15(12)17(23-16)25-8-6-24(7-9-25)13-4-2-3-11-14(13)22-19(27)21-11/h2-5,10H,6-9H2,1H3,(H2,21,22,27). The van der Waals surface area contributed by atoms with E-state index in [1.165, 1.54) is 7.11 Å². The molecule has 10 heteroatoms. The zero-order chi connectivity index (χ0) is 20.0. The number of nitrogens with one attached hydrogen (secondary N) is 2. The van der Waals surface area contributed by atoms with E-state index in [9.17, 15) is 9.59 Å². The number of para-hydroxylation sites is 1. The third-order valence-electron chi connectivity index (χ3n) is 5.10. The average Bonchev–Trinajstić information content (AvgIpc) is 3.37. The summed E-state index contributed by atoms with van der Waals surface area (Å²) in [5, 5.41) is 1.95. The number of thiophene rings is 1. The molecule has 4 heterocycles. The number of ether oxygens (including phenoxy) is 1. The van der Waals surface area contributed by atoms with Gasteiger partial charge in [-0.1, -0.05) is 6.07 Å². The number of esters is 1. The second kappa shape index (κ2) is 6.89. The van der Waals surface area contributed by atoms with Gasteiger partial charge in [0.25, 0.3) is 0 Å². The Hall–Kier alpha value is -3.40. The number of carbonyl (C=O) groups excluding carboxylic acids is 1. The molecule has 9 nitrogen and oxygen atoms in total. The van der Waals surface area contributed by atoms with Gasteiger partial charge in [0.1, 0.15) is 0 Å². The molecule has 1 aliphatic heterocycles. The summed E-state index contributed by atoms with van der Waals surface area (Å²) in [6.07, 6.45) is 0. The predicted octanol–water partition coefficient (Wildman–Crippen LogP) is 1.97. The highest BCUT2D eigenvalue weighted by Gasteiger charge is 2.24. The van der Waals surface area contributed by atoms with Crippen LogP contribution in [0.4, 0.5) is 11.5 Å². The van der Waals surface area contributed by atoms with Crippen molar-refractivity contribution >= 4 is 50.1 Å². The van der Waals surface area contributed by atoms with Crippen LogP contribution in [0.1, 0.15) is 10.6 Å². The van der Waals surface area contributed by atoms with Crippen LogP contribution < -0.4 is 15.5 Å². The first kappa shape index (κ1) is 17.7. The topological polar surface area (TPSA) is 107 Å². The number of methoxy groups -OCH3 is 1. The SMILES string of the molecule is COC(=O)c1nc(N2CCN(c3cccc4[nH]c(=O)[nH]c34)CC2)c2sccc2n1. The van der Waals surface area contributed by atoms with Crippen molar-refractivity contribution in [3.05, 3.63) is 46.0 Å². The highest BCUT2D eigenvalue weighted by molar-refractivity contribution is 7.17. The number of imidazole rings is 1. The molecule has 0 saturated carbocycles. The van der Waals surface area contributed by atoms with Gasteiger partial charge in [-0.05, 0) is 23.6 Å². The number of fused-ring (bicyclic) bond motifs is 2. The van der Waals surface area contributed by atoms with E-state index < -0.39 is 5.97 Å². The number of H-pyrrole nitrogens is 2. The lowest BCUT2D eigenvalue weighted by Crippen LogP contribution is -2.47. The van der Waals surface area contributed by atoms with Crippen LogP contribution in [0.15, 0.2) is 34.4 Å². The molecule has 0 radical (unpaired) electrons. The van der Waals surface area contributed by atoms with Crippen molar-refractivity contribution in [3.63, 3.8) is 0 Å². The lowest BCUT2D eigenvalue weighted by molar-refractivity contribution is 0.0587. The van der Waals surface area contributed by atoms with Crippen molar-refractivity contribution in [2.75, 3.05) is 43.1 Å². The van der Waals surface area contributed by atoms with E-state index in [1.54, 1.807) is 11.3 Å². The van der Waals surface area contributed by atoms with E-state index in [2.05, 4.69) is 29.7 Å². The van der Waals surface area contributed by atoms with E-state index in [4.69, 9.17) is 4.74 Å². The molecule has 148 valence electrons. The maximum absolute atomic E-state index is 12.0. The molecule has 0 amide bonds. The molecular formula is C19H18N6O3S. The van der Waals surface area contributed by atoms with Crippen LogP contribution in [0.2, 0.25) is 0 Å². The maximum Gasteiger partial charge on any atom is 0.376 e. The monoisotopic (exact) mass is 410 g/mol. The van der Waals surface area contributed by atoms with E-state index >= 15 is 0 Å². The molecular weight excluding hydrogens is 392 g/mol. The zero-order valence-corrected chi connectivity index (χ0v) is 16.5. The molecule has 1 aliphatic rings. The van der Waals surface area contributed by atoms with Gasteiger partial charge in [-0.15, -0.1) is 11.3 Å². The first-order chi connectivity index (χ1) is 14.1. The molecule has 0 spiro atoms. The number of hydrogen-bond donors (Lipinski definition) is 2. The number of aromatic nitrogens is 4. The molecule has 29 heavy (non-hydrogen) atoms. The number of hydrogen-bond acceptors (Lipinski definition) is 8. The fraction of sp³-hybridized carbons (Fsp3) is 0.263. The number of carbonyl (C=O) groups is 1. The largest absolute Gasteiger partial charge is 0.463 e. The number of nitrogens with zero attached hydrogens (tertiary/aromatic N) is 4. The molecule has 5 rings (SSSR count). The summed E-state index contributed by atoms with van der Waals surface area (Å²) in [4.78, 5) is 42.6. The summed E-state index contributed by atoms with van der Waals surface area (Å²) in [6, 6.07) is 7.72. The third-order valence-corrected chi connectivity index (χ3v) is 6.00. The smallest absolute Gasteiger partial charge is 0.376 e. The van der Waals surface area contributed by atoms with Crippen molar-refractivity contribution in [1.29, 1.82) is 0 Å². The van der Waals surface area contributed by atoms with Gasteiger partial charge in [0.2, 0.25) is 5.82 Å². The minimum atomic E-state index is -0.541. The molecule has 1 saturated heterocycles. The van der Waals surface area contributed by atoms with Gasteiger partial charge >= 0.3 is 11.7 Å². The van der Waals surface area contributed by atoms with Crippen molar-refractivity contribution in [1.82, 2.24) is 19.9 Å². The first-order valence-corrected chi connectivity index (χ1v) is 10.1. The van der Waals surface area contributed by atoms with Crippen LogP contribution in [0, 0.1) is 0 Å².